The van der Waals surface area contributed by atoms with Crippen LogP contribution in [-0.2, 0) is 0 Å². The summed E-state index contributed by atoms with van der Waals surface area (Å²) in [4.78, 5) is 23.1. The van der Waals surface area contributed by atoms with Gasteiger partial charge in [0.1, 0.15) is 5.82 Å². The Morgan fingerprint density at radius 2 is 1.65 bits per heavy atom. The van der Waals surface area contributed by atoms with Crippen LogP contribution in [-0.4, -0.2) is 45.1 Å². The van der Waals surface area contributed by atoms with Crippen LogP contribution in [0.5, 0.6) is 0 Å². The van der Waals surface area contributed by atoms with E-state index in [9.17, 15) is 0 Å². The molecule has 3 aliphatic heterocycles. The Hall–Kier alpha value is -2.44. The first-order valence-corrected chi connectivity index (χ1v) is 9.73. The molecule has 7 nitrogen and oxygen atoms in total. The van der Waals surface area contributed by atoms with Gasteiger partial charge in [-0.05, 0) is 43.9 Å². The molecular formula is C19H23N7. The van der Waals surface area contributed by atoms with Crippen LogP contribution in [0.4, 0.5) is 17.7 Å². The minimum atomic E-state index is 0.292. The topological polar surface area (TPSA) is 84.1 Å². The van der Waals surface area contributed by atoms with Gasteiger partial charge >= 0.3 is 0 Å². The molecule has 2 N–H and O–H groups in total. The Morgan fingerprint density at radius 3 is 2.31 bits per heavy atom. The highest BCUT2D eigenvalue weighted by atomic mass is 15.3. The zero-order chi connectivity index (χ0) is 17.3. The molecule has 2 aromatic rings. The van der Waals surface area contributed by atoms with E-state index in [1.807, 2.05) is 0 Å². The summed E-state index contributed by atoms with van der Waals surface area (Å²) in [5, 5.41) is 0. The fourth-order valence-corrected chi connectivity index (χ4v) is 5.30. The average molecular weight is 349 g/mol. The minimum absolute atomic E-state index is 0.292. The molecule has 5 aliphatic rings. The highest BCUT2D eigenvalue weighted by Crippen LogP contribution is 2.44. The van der Waals surface area contributed by atoms with Gasteiger partial charge in [-0.15, -0.1) is 0 Å². The van der Waals surface area contributed by atoms with E-state index < -0.39 is 0 Å². The Balaban J connectivity index is 1.43. The number of aromatic nitrogens is 4. The van der Waals surface area contributed by atoms with Crippen molar-refractivity contribution in [1.29, 1.82) is 0 Å². The van der Waals surface area contributed by atoms with Crippen molar-refractivity contribution in [3.8, 4) is 11.3 Å². The Bertz CT molecular complexity index is 845. The number of nitrogen functional groups attached to an aromatic ring is 1. The highest BCUT2D eigenvalue weighted by molar-refractivity contribution is 5.65. The monoisotopic (exact) mass is 349 g/mol. The van der Waals surface area contributed by atoms with Crippen molar-refractivity contribution >= 4 is 17.7 Å². The molecule has 0 radical (unpaired) electrons. The Labute approximate surface area is 152 Å². The first-order valence-electron chi connectivity index (χ1n) is 9.73. The molecule has 0 aromatic carbocycles. The summed E-state index contributed by atoms with van der Waals surface area (Å²) in [6.45, 7) is 2.22. The van der Waals surface area contributed by atoms with Crippen molar-refractivity contribution in [2.24, 2.45) is 11.8 Å². The number of anilines is 3. The predicted octanol–water partition coefficient (Wildman–Crippen LogP) is 2.10. The molecule has 7 heteroatoms. The molecule has 2 atom stereocenters. The van der Waals surface area contributed by atoms with Crippen molar-refractivity contribution in [3.63, 3.8) is 0 Å². The zero-order valence-electron chi connectivity index (χ0n) is 14.8. The molecule has 0 amide bonds. The Morgan fingerprint density at radius 1 is 0.885 bits per heavy atom. The van der Waals surface area contributed by atoms with Crippen LogP contribution in [0.2, 0.25) is 0 Å². The summed E-state index contributed by atoms with van der Waals surface area (Å²) < 4.78 is 0. The van der Waals surface area contributed by atoms with E-state index in [4.69, 9.17) is 15.7 Å². The zero-order valence-corrected chi connectivity index (χ0v) is 14.8. The molecule has 3 saturated heterocycles. The summed E-state index contributed by atoms with van der Waals surface area (Å²) in [5.74, 6) is 3.90. The van der Waals surface area contributed by atoms with Crippen LogP contribution in [0.15, 0.2) is 18.5 Å². The summed E-state index contributed by atoms with van der Waals surface area (Å²) in [7, 11) is 0. The van der Waals surface area contributed by atoms with Gasteiger partial charge in [-0.25, -0.2) is 15.0 Å². The van der Waals surface area contributed by atoms with Crippen LogP contribution >= 0.6 is 0 Å². The molecule has 5 heterocycles. The molecule has 5 fully saturated rings. The number of rotatable bonds is 3. The number of nitrogens with two attached hydrogens (primary N) is 1. The first-order chi connectivity index (χ1) is 12.7. The van der Waals surface area contributed by atoms with Gasteiger partial charge in [0.15, 0.2) is 0 Å². The van der Waals surface area contributed by atoms with Crippen LogP contribution in [0, 0.1) is 11.8 Å². The smallest absolute Gasteiger partial charge is 0.228 e. The summed E-state index contributed by atoms with van der Waals surface area (Å²) in [6, 6.07) is 3.37. The lowest BCUT2D eigenvalue weighted by Crippen LogP contribution is -2.34. The molecular weight excluding hydrogens is 326 g/mol. The summed E-state index contributed by atoms with van der Waals surface area (Å²) in [5.41, 5.74) is 7.46. The lowest BCUT2D eigenvalue weighted by Gasteiger charge is -2.30. The quantitative estimate of drug-likeness (QED) is 0.908. The third kappa shape index (κ3) is 2.19. The molecule has 0 unspecified atom stereocenters. The van der Waals surface area contributed by atoms with E-state index in [0.717, 1.165) is 47.9 Å². The predicted molar refractivity (Wildman–Crippen MR) is 99.8 cm³/mol. The third-order valence-electron chi connectivity index (χ3n) is 6.74. The maximum Gasteiger partial charge on any atom is 0.228 e. The number of piperidine rings is 1. The van der Waals surface area contributed by atoms with Crippen molar-refractivity contribution in [3.05, 3.63) is 18.5 Å². The maximum atomic E-state index is 5.66. The van der Waals surface area contributed by atoms with Crippen molar-refractivity contribution in [2.75, 3.05) is 28.6 Å². The van der Waals surface area contributed by atoms with Gasteiger partial charge in [-0.2, -0.15) is 4.98 Å². The van der Waals surface area contributed by atoms with E-state index in [-0.39, 0.29) is 0 Å². The van der Waals surface area contributed by atoms with E-state index in [2.05, 4.69) is 25.8 Å². The Kier molecular flexibility index (Phi) is 2.99. The second-order valence-electron chi connectivity index (χ2n) is 8.37. The molecule has 2 aromatic heterocycles. The maximum absolute atomic E-state index is 5.66. The van der Waals surface area contributed by atoms with Crippen molar-refractivity contribution < 1.29 is 0 Å². The number of hydrogen-bond acceptors (Lipinski definition) is 7. The normalized spacial score (nSPS) is 31.5. The molecule has 7 rings (SSSR count). The van der Waals surface area contributed by atoms with Gasteiger partial charge in [0, 0.05) is 49.2 Å². The largest absolute Gasteiger partial charge is 0.368 e. The second-order valence-corrected chi connectivity index (χ2v) is 8.37. The molecule has 4 bridgehead atoms. The van der Waals surface area contributed by atoms with Gasteiger partial charge in [0.05, 0.1) is 5.69 Å². The second kappa shape index (κ2) is 5.28. The van der Waals surface area contributed by atoms with E-state index in [1.54, 1.807) is 12.4 Å². The standard InChI is InChI=1S/C19H23N7/c20-18-21-7-13(8-22-18)16-6-17(25-10-12-4-15(25)5-12)24-19(23-16)26-9-11-1-2-14(26)3-11/h6-8,11-12,14-15H,1-5,9-10H2,(H2,20,21,22)/t11-,12?,14+,15?/m0/s1. The number of nitrogens with zero attached hydrogens (tertiary/aromatic N) is 6. The fourth-order valence-electron chi connectivity index (χ4n) is 5.30. The molecule has 26 heavy (non-hydrogen) atoms. The van der Waals surface area contributed by atoms with E-state index in [1.165, 1.54) is 32.1 Å². The highest BCUT2D eigenvalue weighted by Gasteiger charge is 2.44. The van der Waals surface area contributed by atoms with E-state index >= 15 is 0 Å². The summed E-state index contributed by atoms with van der Waals surface area (Å²) >= 11 is 0. The average Bonchev–Trinajstić information content (AvgIpc) is 3.41. The van der Waals surface area contributed by atoms with Gasteiger partial charge < -0.3 is 15.5 Å². The van der Waals surface area contributed by atoms with Gasteiger partial charge in [0.2, 0.25) is 11.9 Å². The molecule has 134 valence electrons. The van der Waals surface area contributed by atoms with Crippen molar-refractivity contribution in [2.45, 2.75) is 44.2 Å². The molecule has 2 saturated carbocycles. The third-order valence-corrected chi connectivity index (χ3v) is 6.74. The van der Waals surface area contributed by atoms with Gasteiger partial charge in [0.25, 0.3) is 0 Å². The molecule has 0 spiro atoms. The SMILES string of the molecule is Nc1ncc(-c2cc(N3CC4CC3C4)nc(N3C[C@H]4CC[C@@H]3C4)n2)cn1. The van der Waals surface area contributed by atoms with Crippen LogP contribution in [0.25, 0.3) is 11.3 Å². The summed E-state index contributed by atoms with van der Waals surface area (Å²) in [6.07, 6.45) is 10.1. The van der Waals surface area contributed by atoms with Crippen LogP contribution in [0.1, 0.15) is 32.1 Å². The van der Waals surface area contributed by atoms with Gasteiger partial charge in [-0.3, -0.25) is 0 Å². The van der Waals surface area contributed by atoms with Crippen LogP contribution in [0.3, 0.4) is 0 Å². The fraction of sp³-hybridized carbons (Fsp3) is 0.579. The first kappa shape index (κ1) is 14.7. The van der Waals surface area contributed by atoms with Gasteiger partial charge in [-0.1, -0.05) is 0 Å². The van der Waals surface area contributed by atoms with Crippen LogP contribution < -0.4 is 15.5 Å². The van der Waals surface area contributed by atoms with E-state index in [0.29, 0.717) is 18.0 Å². The van der Waals surface area contributed by atoms with Crippen molar-refractivity contribution in [1.82, 2.24) is 19.9 Å². The number of hydrogen-bond donors (Lipinski definition) is 1. The molecule has 2 aliphatic carbocycles. The number of fused-ring (bicyclic) bond motifs is 3. The lowest BCUT2D eigenvalue weighted by atomic mass is 9.86. The lowest BCUT2D eigenvalue weighted by molar-refractivity contribution is 0.380. The minimum Gasteiger partial charge on any atom is -0.368 e.